The predicted molar refractivity (Wildman–Crippen MR) is 88.0 cm³/mol. The Morgan fingerprint density at radius 2 is 2.04 bits per heavy atom. The average molecular weight is 319 g/mol. The number of hydrogen-bond donors (Lipinski definition) is 1. The Morgan fingerprint density at radius 3 is 2.75 bits per heavy atom. The lowest BCUT2D eigenvalue weighted by Crippen LogP contribution is -2.36. The summed E-state index contributed by atoms with van der Waals surface area (Å²) in [5, 5.41) is 16.6. The van der Waals surface area contributed by atoms with E-state index in [9.17, 15) is 4.79 Å². The molecule has 0 spiro atoms. The van der Waals surface area contributed by atoms with Crippen LogP contribution >= 0.6 is 0 Å². The van der Waals surface area contributed by atoms with Crippen LogP contribution in [0.2, 0.25) is 0 Å². The minimum Gasteiger partial charge on any atom is -0.328 e. The number of aromatic nitrogens is 3. The van der Waals surface area contributed by atoms with Crippen molar-refractivity contribution in [2.24, 2.45) is 5.41 Å². The van der Waals surface area contributed by atoms with Gasteiger partial charge in [0.25, 0.3) is 0 Å². The maximum Gasteiger partial charge on any atom is 0.226 e. The van der Waals surface area contributed by atoms with Gasteiger partial charge in [-0.3, -0.25) is 4.79 Å². The molecule has 1 unspecified atom stereocenters. The molecular formula is C18H17N5O. The number of carbonyl (C=O) groups is 1. The monoisotopic (exact) mass is 319 g/mol. The van der Waals surface area contributed by atoms with E-state index in [1.807, 2.05) is 12.1 Å². The van der Waals surface area contributed by atoms with E-state index in [4.69, 9.17) is 5.26 Å². The highest BCUT2D eigenvalue weighted by atomic mass is 16.1. The molecule has 2 heterocycles. The van der Waals surface area contributed by atoms with Crippen LogP contribution in [-0.4, -0.2) is 20.5 Å². The van der Waals surface area contributed by atoms with Gasteiger partial charge in [0, 0.05) is 17.7 Å². The first-order valence-corrected chi connectivity index (χ1v) is 7.91. The summed E-state index contributed by atoms with van der Waals surface area (Å²) < 4.78 is 1.75. The van der Waals surface area contributed by atoms with Gasteiger partial charge in [-0.15, -0.1) is 0 Å². The lowest BCUT2D eigenvalue weighted by atomic mass is 9.73. The highest BCUT2D eigenvalue weighted by Gasteiger charge is 2.41. The van der Waals surface area contributed by atoms with E-state index in [1.165, 1.54) is 6.33 Å². The van der Waals surface area contributed by atoms with Crippen LogP contribution in [0, 0.1) is 16.7 Å². The Bertz CT molecular complexity index is 898. The standard InChI is InChI=1S/C18H17N5O/c1-18(2)7-13-15(14(24)8-18)16(23-17(22-13)20-10-21-23)12-5-3-11(9-19)4-6-12/h3-6,10,16H,7-8H2,1-2H3,(H,20,21,22). The Balaban J connectivity index is 1.88. The smallest absolute Gasteiger partial charge is 0.226 e. The van der Waals surface area contributed by atoms with Crippen molar-refractivity contribution in [3.8, 4) is 6.07 Å². The van der Waals surface area contributed by atoms with Crippen LogP contribution in [0.4, 0.5) is 5.95 Å². The molecule has 0 amide bonds. The Morgan fingerprint density at radius 1 is 1.29 bits per heavy atom. The number of anilines is 1. The van der Waals surface area contributed by atoms with Crippen LogP contribution in [0.25, 0.3) is 0 Å². The molecule has 1 aromatic carbocycles. The molecule has 0 radical (unpaired) electrons. The SMILES string of the molecule is CC1(C)CC(=O)C2=C(C1)Nc1ncnn1C2c1ccc(C#N)cc1. The maximum absolute atomic E-state index is 12.9. The van der Waals surface area contributed by atoms with Crippen molar-refractivity contribution in [2.75, 3.05) is 5.32 Å². The summed E-state index contributed by atoms with van der Waals surface area (Å²) in [6, 6.07) is 9.14. The summed E-state index contributed by atoms with van der Waals surface area (Å²) in [6.45, 7) is 4.21. The van der Waals surface area contributed by atoms with E-state index in [2.05, 4.69) is 35.3 Å². The van der Waals surface area contributed by atoms with Crippen molar-refractivity contribution in [3.05, 3.63) is 53.0 Å². The number of Topliss-reactive ketones (excluding diaryl/α,β-unsaturated/α-hetero) is 1. The van der Waals surface area contributed by atoms with Gasteiger partial charge in [-0.1, -0.05) is 26.0 Å². The third-order valence-electron chi connectivity index (χ3n) is 4.63. The quantitative estimate of drug-likeness (QED) is 0.874. The van der Waals surface area contributed by atoms with E-state index in [0.717, 1.165) is 23.3 Å². The van der Waals surface area contributed by atoms with Crippen molar-refractivity contribution >= 4 is 11.7 Å². The van der Waals surface area contributed by atoms with E-state index in [-0.39, 0.29) is 17.2 Å². The molecule has 0 saturated carbocycles. The van der Waals surface area contributed by atoms with Crippen LogP contribution in [-0.2, 0) is 4.79 Å². The lowest BCUT2D eigenvalue weighted by molar-refractivity contribution is -0.118. The van der Waals surface area contributed by atoms with Crippen LogP contribution < -0.4 is 5.32 Å². The molecule has 120 valence electrons. The second-order valence-electron chi connectivity index (χ2n) is 7.12. The fourth-order valence-corrected chi connectivity index (χ4v) is 3.60. The van der Waals surface area contributed by atoms with Crippen molar-refractivity contribution < 1.29 is 4.79 Å². The van der Waals surface area contributed by atoms with Gasteiger partial charge >= 0.3 is 0 Å². The third kappa shape index (κ3) is 2.21. The molecule has 4 rings (SSSR count). The van der Waals surface area contributed by atoms with Gasteiger partial charge in [0.2, 0.25) is 5.95 Å². The number of fused-ring (bicyclic) bond motifs is 1. The number of carbonyl (C=O) groups excluding carboxylic acids is 1. The zero-order chi connectivity index (χ0) is 16.9. The Labute approximate surface area is 139 Å². The summed E-state index contributed by atoms with van der Waals surface area (Å²) in [6.07, 6.45) is 2.81. The second-order valence-corrected chi connectivity index (χ2v) is 7.12. The molecule has 6 nitrogen and oxygen atoms in total. The van der Waals surface area contributed by atoms with Crippen molar-refractivity contribution in [1.82, 2.24) is 14.8 Å². The first-order valence-electron chi connectivity index (χ1n) is 7.91. The zero-order valence-corrected chi connectivity index (χ0v) is 13.6. The summed E-state index contributed by atoms with van der Waals surface area (Å²) in [5.41, 5.74) is 3.16. The van der Waals surface area contributed by atoms with E-state index < -0.39 is 0 Å². The normalized spacial score (nSPS) is 21.5. The fraction of sp³-hybridized carbons (Fsp3) is 0.333. The van der Waals surface area contributed by atoms with Crippen LogP contribution in [0.3, 0.4) is 0 Å². The average Bonchev–Trinajstić information content (AvgIpc) is 3.00. The van der Waals surface area contributed by atoms with Gasteiger partial charge in [-0.25, -0.2) is 4.68 Å². The van der Waals surface area contributed by atoms with E-state index in [1.54, 1.807) is 16.8 Å². The molecule has 2 aromatic rings. The molecule has 1 atom stereocenters. The summed E-state index contributed by atoms with van der Waals surface area (Å²) in [4.78, 5) is 17.1. The van der Waals surface area contributed by atoms with Crippen molar-refractivity contribution in [1.29, 1.82) is 5.26 Å². The molecule has 1 N–H and O–H groups in total. The molecule has 24 heavy (non-hydrogen) atoms. The highest BCUT2D eigenvalue weighted by Crippen LogP contribution is 2.44. The minimum absolute atomic E-state index is 0.0691. The Kier molecular flexibility index (Phi) is 3.07. The molecule has 6 heteroatoms. The third-order valence-corrected chi connectivity index (χ3v) is 4.63. The molecule has 1 aliphatic carbocycles. The molecular weight excluding hydrogens is 302 g/mol. The maximum atomic E-state index is 12.9. The molecule has 0 bridgehead atoms. The number of ketones is 1. The largest absolute Gasteiger partial charge is 0.328 e. The van der Waals surface area contributed by atoms with Gasteiger partial charge in [0.1, 0.15) is 12.4 Å². The molecule has 0 fully saturated rings. The fourth-order valence-electron chi connectivity index (χ4n) is 3.60. The van der Waals surface area contributed by atoms with Crippen LogP contribution in [0.15, 0.2) is 41.9 Å². The molecule has 1 aromatic heterocycles. The number of benzene rings is 1. The molecule has 2 aliphatic rings. The highest BCUT2D eigenvalue weighted by molar-refractivity contribution is 6.00. The van der Waals surface area contributed by atoms with Crippen LogP contribution in [0.1, 0.15) is 43.9 Å². The van der Waals surface area contributed by atoms with Gasteiger partial charge < -0.3 is 5.32 Å². The summed E-state index contributed by atoms with van der Waals surface area (Å²) in [5.74, 6) is 0.790. The number of allylic oxidation sites excluding steroid dienone is 2. The van der Waals surface area contributed by atoms with E-state index in [0.29, 0.717) is 17.9 Å². The first-order chi connectivity index (χ1) is 11.5. The number of nitriles is 1. The van der Waals surface area contributed by atoms with Gasteiger partial charge in [-0.2, -0.15) is 15.3 Å². The predicted octanol–water partition coefficient (Wildman–Crippen LogP) is 2.81. The zero-order valence-electron chi connectivity index (χ0n) is 13.6. The van der Waals surface area contributed by atoms with Crippen molar-refractivity contribution in [2.45, 2.75) is 32.7 Å². The van der Waals surface area contributed by atoms with Gasteiger partial charge in [0.15, 0.2) is 5.78 Å². The minimum atomic E-state index is -0.296. The number of nitrogens with one attached hydrogen (secondary N) is 1. The summed E-state index contributed by atoms with van der Waals surface area (Å²) in [7, 11) is 0. The van der Waals surface area contributed by atoms with E-state index >= 15 is 0 Å². The van der Waals surface area contributed by atoms with Crippen molar-refractivity contribution in [3.63, 3.8) is 0 Å². The summed E-state index contributed by atoms with van der Waals surface area (Å²) >= 11 is 0. The molecule has 1 aliphatic heterocycles. The number of hydrogen-bond acceptors (Lipinski definition) is 5. The van der Waals surface area contributed by atoms with Gasteiger partial charge in [-0.05, 0) is 29.5 Å². The lowest BCUT2D eigenvalue weighted by Gasteiger charge is -2.38. The number of nitrogens with zero attached hydrogens (tertiary/aromatic N) is 4. The number of rotatable bonds is 1. The van der Waals surface area contributed by atoms with Gasteiger partial charge in [0.05, 0.1) is 11.6 Å². The second kappa shape index (κ2) is 5.03. The topological polar surface area (TPSA) is 83.6 Å². The Hall–Kier alpha value is -2.94. The van der Waals surface area contributed by atoms with Crippen LogP contribution in [0.5, 0.6) is 0 Å². The first kappa shape index (κ1) is 14.6. The molecule has 0 saturated heterocycles.